The van der Waals surface area contributed by atoms with E-state index in [1.165, 1.54) is 44.6 Å². The summed E-state index contributed by atoms with van der Waals surface area (Å²) in [5.41, 5.74) is 6.44. The van der Waals surface area contributed by atoms with Crippen molar-refractivity contribution in [2.75, 3.05) is 19.5 Å². The van der Waals surface area contributed by atoms with E-state index in [4.69, 9.17) is 26.8 Å². The highest BCUT2D eigenvalue weighted by molar-refractivity contribution is 7.22. The number of nitrogens with zero attached hydrogens (tertiary/aromatic N) is 1. The lowest BCUT2D eigenvalue weighted by atomic mass is 10.1. The summed E-state index contributed by atoms with van der Waals surface area (Å²) in [6.45, 7) is 0. The number of carbonyl (C=O) groups is 1. The number of amides is 1. The lowest BCUT2D eigenvalue weighted by Crippen LogP contribution is -2.13. The number of nitrogens with one attached hydrogen (secondary N) is 1. The molecule has 0 atom stereocenters. The molecule has 1 fully saturated rings. The van der Waals surface area contributed by atoms with Crippen molar-refractivity contribution in [2.24, 2.45) is 5.73 Å². The fourth-order valence-electron chi connectivity index (χ4n) is 3.30. The van der Waals surface area contributed by atoms with Crippen LogP contribution < -0.4 is 20.5 Å². The van der Waals surface area contributed by atoms with E-state index in [1.807, 2.05) is 18.2 Å². The van der Waals surface area contributed by atoms with Crippen LogP contribution in [-0.4, -0.2) is 31.2 Å². The van der Waals surface area contributed by atoms with Gasteiger partial charge < -0.3 is 20.5 Å². The van der Waals surface area contributed by atoms with E-state index in [9.17, 15) is 4.79 Å². The molecule has 6 nitrogen and oxygen atoms in total. The first kappa shape index (κ1) is 21.2. The van der Waals surface area contributed by atoms with Crippen molar-refractivity contribution in [1.29, 1.82) is 0 Å². The Kier molecular flexibility index (Phi) is 7.17. The second kappa shape index (κ2) is 9.80. The molecule has 0 spiro atoms. The molecule has 29 heavy (non-hydrogen) atoms. The van der Waals surface area contributed by atoms with Gasteiger partial charge in [-0.1, -0.05) is 41.8 Å². The number of primary amides is 1. The van der Waals surface area contributed by atoms with Crippen LogP contribution >= 0.6 is 22.9 Å². The van der Waals surface area contributed by atoms with E-state index in [0.29, 0.717) is 17.5 Å². The van der Waals surface area contributed by atoms with E-state index >= 15 is 0 Å². The molecule has 8 heteroatoms. The number of rotatable bonds is 5. The molecule has 3 aromatic rings. The molecule has 1 aromatic heterocycles. The quantitative estimate of drug-likeness (QED) is 0.584. The van der Waals surface area contributed by atoms with Gasteiger partial charge in [-0.25, -0.2) is 4.98 Å². The van der Waals surface area contributed by atoms with Crippen molar-refractivity contribution in [3.8, 4) is 11.5 Å². The number of hydrogen-bond acceptors (Lipinski definition) is 6. The second-order valence-electron chi connectivity index (χ2n) is 6.66. The average molecular weight is 434 g/mol. The fraction of sp³-hybridized carbons (Fsp3) is 0.333. The van der Waals surface area contributed by atoms with Crippen LogP contribution in [0.1, 0.15) is 36.0 Å². The number of methoxy groups -OCH3 is 2. The minimum Gasteiger partial charge on any atom is -0.496 e. The Bertz CT molecular complexity index is 964. The highest BCUT2D eigenvalue weighted by Gasteiger charge is 2.16. The van der Waals surface area contributed by atoms with Gasteiger partial charge in [0.2, 0.25) is 0 Å². The summed E-state index contributed by atoms with van der Waals surface area (Å²) >= 11 is 7.65. The zero-order chi connectivity index (χ0) is 20.8. The highest BCUT2D eigenvalue weighted by Crippen LogP contribution is 2.30. The maximum atomic E-state index is 11.0. The smallest absolute Gasteiger partial charge is 0.256 e. The van der Waals surface area contributed by atoms with Crippen molar-refractivity contribution in [1.82, 2.24) is 4.98 Å². The van der Waals surface area contributed by atoms with Crippen LogP contribution in [0.15, 0.2) is 36.4 Å². The van der Waals surface area contributed by atoms with Gasteiger partial charge in [-0.2, -0.15) is 0 Å². The average Bonchev–Trinajstić information content (AvgIpc) is 3.36. The minimum absolute atomic E-state index is 0.271. The molecule has 4 rings (SSSR count). The predicted molar refractivity (Wildman–Crippen MR) is 119 cm³/mol. The number of hydrogen-bond donors (Lipinski definition) is 2. The summed E-state index contributed by atoms with van der Waals surface area (Å²) < 4.78 is 11.1. The first-order valence-corrected chi connectivity index (χ1v) is 10.5. The Labute approximate surface area is 179 Å². The summed E-state index contributed by atoms with van der Waals surface area (Å²) in [7, 11) is 2.95. The molecule has 154 valence electrons. The molecule has 0 aliphatic heterocycles. The van der Waals surface area contributed by atoms with Gasteiger partial charge in [0.05, 0.1) is 24.4 Å². The summed E-state index contributed by atoms with van der Waals surface area (Å²) in [6, 6.07) is 11.5. The van der Waals surface area contributed by atoms with Gasteiger partial charge in [0.15, 0.2) is 5.13 Å². The molecule has 1 heterocycles. The number of nitrogens with two attached hydrogens (primary N) is 1. The van der Waals surface area contributed by atoms with Crippen molar-refractivity contribution in [3.05, 3.63) is 47.0 Å². The van der Waals surface area contributed by atoms with Gasteiger partial charge in [-0.3, -0.25) is 4.79 Å². The summed E-state index contributed by atoms with van der Waals surface area (Å²) in [5.74, 6) is 0.285. The second-order valence-corrected chi connectivity index (χ2v) is 8.13. The van der Waals surface area contributed by atoms with Crippen LogP contribution in [0.5, 0.6) is 11.5 Å². The molecule has 0 unspecified atom stereocenters. The van der Waals surface area contributed by atoms with Crippen LogP contribution in [0.25, 0.3) is 10.2 Å². The molecule has 1 aliphatic rings. The third kappa shape index (κ3) is 5.31. The summed E-state index contributed by atoms with van der Waals surface area (Å²) in [6.07, 6.45) is 5.23. The molecule has 1 aliphatic carbocycles. The van der Waals surface area contributed by atoms with E-state index < -0.39 is 5.91 Å². The van der Waals surface area contributed by atoms with Crippen LogP contribution in [0, 0.1) is 0 Å². The molecule has 1 amide bonds. The van der Waals surface area contributed by atoms with Crippen molar-refractivity contribution < 1.29 is 14.3 Å². The SMILES string of the molecule is COc1cccc(OC)c1C(N)=O.Clc1ccc2sc(NC3CCCC3)nc2c1. The molecule has 0 radical (unpaired) electrons. The number of aromatic nitrogens is 1. The fourth-order valence-corrected chi connectivity index (χ4v) is 4.39. The molecule has 0 saturated heterocycles. The largest absolute Gasteiger partial charge is 0.496 e. The topological polar surface area (TPSA) is 86.5 Å². The van der Waals surface area contributed by atoms with Gasteiger partial charge >= 0.3 is 0 Å². The molecular weight excluding hydrogens is 410 g/mol. The first-order valence-electron chi connectivity index (χ1n) is 9.35. The third-order valence-electron chi connectivity index (χ3n) is 4.71. The van der Waals surface area contributed by atoms with Crippen molar-refractivity contribution in [3.63, 3.8) is 0 Å². The maximum absolute atomic E-state index is 11.0. The Balaban J connectivity index is 0.000000170. The van der Waals surface area contributed by atoms with Crippen molar-refractivity contribution in [2.45, 2.75) is 31.7 Å². The Hall–Kier alpha value is -2.51. The predicted octanol–water partition coefficient (Wildman–Crippen LogP) is 5.11. The number of thiazole rings is 1. The Morgan fingerprint density at radius 2 is 1.83 bits per heavy atom. The van der Waals surface area contributed by atoms with Crippen LogP contribution in [0.4, 0.5) is 5.13 Å². The number of carbonyl (C=O) groups excluding carboxylic acids is 1. The van der Waals surface area contributed by atoms with Gasteiger partial charge in [-0.15, -0.1) is 0 Å². The van der Waals surface area contributed by atoms with Gasteiger partial charge in [0.25, 0.3) is 5.91 Å². The van der Waals surface area contributed by atoms with Gasteiger partial charge in [0, 0.05) is 11.1 Å². The molecule has 0 bridgehead atoms. The Morgan fingerprint density at radius 3 is 2.41 bits per heavy atom. The number of fused-ring (bicyclic) bond motifs is 1. The number of benzene rings is 2. The summed E-state index contributed by atoms with van der Waals surface area (Å²) in [4.78, 5) is 15.6. The van der Waals surface area contributed by atoms with Gasteiger partial charge in [-0.05, 0) is 43.2 Å². The van der Waals surface area contributed by atoms with E-state index in [0.717, 1.165) is 15.7 Å². The number of ether oxygens (including phenoxy) is 2. The first-order chi connectivity index (χ1) is 14.0. The van der Waals surface area contributed by atoms with Crippen LogP contribution in [0.3, 0.4) is 0 Å². The van der Waals surface area contributed by atoms with Gasteiger partial charge in [0.1, 0.15) is 17.1 Å². The zero-order valence-corrected chi connectivity index (χ0v) is 18.0. The van der Waals surface area contributed by atoms with Crippen LogP contribution in [0.2, 0.25) is 5.02 Å². The lowest BCUT2D eigenvalue weighted by molar-refractivity contribution is 0.0994. The van der Waals surface area contributed by atoms with E-state index in [2.05, 4.69) is 10.3 Å². The molecule has 1 saturated carbocycles. The monoisotopic (exact) mass is 433 g/mol. The molecule has 3 N–H and O–H groups in total. The third-order valence-corrected chi connectivity index (χ3v) is 5.91. The van der Waals surface area contributed by atoms with E-state index in [1.54, 1.807) is 29.5 Å². The number of halogens is 1. The Morgan fingerprint density at radius 1 is 1.17 bits per heavy atom. The van der Waals surface area contributed by atoms with E-state index in [-0.39, 0.29) is 5.56 Å². The maximum Gasteiger partial charge on any atom is 0.256 e. The zero-order valence-electron chi connectivity index (χ0n) is 16.4. The van der Waals surface area contributed by atoms with Crippen LogP contribution in [-0.2, 0) is 0 Å². The molecular formula is C21H24ClN3O3S. The normalized spacial score (nSPS) is 13.6. The highest BCUT2D eigenvalue weighted by atomic mass is 35.5. The lowest BCUT2D eigenvalue weighted by Gasteiger charge is -2.09. The number of anilines is 1. The minimum atomic E-state index is -0.561. The van der Waals surface area contributed by atoms with Crippen molar-refractivity contribution >= 4 is 44.2 Å². The molecule has 2 aromatic carbocycles. The summed E-state index contributed by atoms with van der Waals surface area (Å²) in [5, 5.41) is 5.30. The standard InChI is InChI=1S/C12H13ClN2S.C9H11NO3/c13-8-5-6-11-10(7-8)15-12(16-11)14-9-3-1-2-4-9;1-12-6-4-3-5-7(13-2)8(6)9(10)11/h5-7,9H,1-4H2,(H,14,15);3-5H,1-2H3,(H2,10,11).